The first kappa shape index (κ1) is 13.5. The van der Waals surface area contributed by atoms with Crippen molar-refractivity contribution in [3.63, 3.8) is 0 Å². The highest BCUT2D eigenvalue weighted by Crippen LogP contribution is 2.52. The number of methoxy groups -OCH3 is 1. The molecule has 1 saturated carbocycles. The summed E-state index contributed by atoms with van der Waals surface area (Å²) >= 11 is 0. The van der Waals surface area contributed by atoms with Gasteiger partial charge in [-0.15, -0.1) is 0 Å². The molecule has 0 aromatic rings. The second kappa shape index (κ2) is 5.15. The Balaban J connectivity index is 2.49. The van der Waals surface area contributed by atoms with Crippen LogP contribution in [0, 0.1) is 5.41 Å². The summed E-state index contributed by atoms with van der Waals surface area (Å²) in [6.07, 6.45) is 2.23. The van der Waals surface area contributed by atoms with Crippen molar-refractivity contribution in [3.8, 4) is 0 Å². The molecular formula is C12H23NO3. The molecule has 1 unspecified atom stereocenters. The summed E-state index contributed by atoms with van der Waals surface area (Å²) in [4.78, 5) is 13.3. The van der Waals surface area contributed by atoms with Crippen LogP contribution in [0.2, 0.25) is 0 Å². The summed E-state index contributed by atoms with van der Waals surface area (Å²) in [5, 5.41) is 9.08. The fourth-order valence-electron chi connectivity index (χ4n) is 2.07. The maximum Gasteiger partial charge on any atom is 0.333 e. The van der Waals surface area contributed by atoms with E-state index in [0.717, 1.165) is 25.8 Å². The summed E-state index contributed by atoms with van der Waals surface area (Å²) in [5.74, 6) is -0.827. The second-order valence-electron chi connectivity index (χ2n) is 5.14. The Morgan fingerprint density at radius 3 is 2.38 bits per heavy atom. The van der Waals surface area contributed by atoms with E-state index in [9.17, 15) is 4.79 Å². The lowest BCUT2D eigenvalue weighted by Crippen LogP contribution is -2.36. The zero-order valence-corrected chi connectivity index (χ0v) is 10.7. The molecule has 1 N–H and O–H groups in total. The number of carboxylic acids is 1. The van der Waals surface area contributed by atoms with Gasteiger partial charge in [-0.2, -0.15) is 0 Å². The van der Waals surface area contributed by atoms with Gasteiger partial charge in [-0.3, -0.25) is 0 Å². The Labute approximate surface area is 97.6 Å². The van der Waals surface area contributed by atoms with Crippen molar-refractivity contribution in [1.29, 1.82) is 0 Å². The molecule has 4 heteroatoms. The predicted molar refractivity (Wildman–Crippen MR) is 62.5 cm³/mol. The molecule has 0 heterocycles. The molecule has 0 aromatic carbocycles. The summed E-state index contributed by atoms with van der Waals surface area (Å²) in [6, 6.07) is 0.502. The lowest BCUT2D eigenvalue weighted by Gasteiger charge is -2.27. The van der Waals surface area contributed by atoms with Crippen LogP contribution in [-0.4, -0.2) is 48.8 Å². The molecule has 0 radical (unpaired) electrons. The van der Waals surface area contributed by atoms with Crippen molar-refractivity contribution in [2.75, 3.05) is 20.7 Å². The molecule has 1 atom stereocenters. The molecule has 0 spiro atoms. The lowest BCUT2D eigenvalue weighted by molar-refractivity contribution is -0.153. The fraction of sp³-hybridized carbons (Fsp3) is 0.917. The van der Waals surface area contributed by atoms with Gasteiger partial charge in [0.2, 0.25) is 0 Å². The molecule has 16 heavy (non-hydrogen) atoms. The average molecular weight is 229 g/mol. The van der Waals surface area contributed by atoms with E-state index in [2.05, 4.69) is 25.8 Å². The van der Waals surface area contributed by atoms with Gasteiger partial charge >= 0.3 is 5.97 Å². The number of hydrogen-bond donors (Lipinski definition) is 1. The van der Waals surface area contributed by atoms with Crippen molar-refractivity contribution < 1.29 is 14.6 Å². The number of hydrogen-bond acceptors (Lipinski definition) is 3. The van der Waals surface area contributed by atoms with Gasteiger partial charge in [0.25, 0.3) is 0 Å². The molecule has 0 aliphatic heterocycles. The quantitative estimate of drug-likeness (QED) is 0.720. The third kappa shape index (κ3) is 2.95. The van der Waals surface area contributed by atoms with E-state index in [1.165, 1.54) is 7.11 Å². The molecule has 0 amide bonds. The van der Waals surface area contributed by atoms with Crippen LogP contribution in [0.15, 0.2) is 0 Å². The largest absolute Gasteiger partial charge is 0.479 e. The zero-order chi connectivity index (χ0) is 12.3. The van der Waals surface area contributed by atoms with Crippen molar-refractivity contribution in [3.05, 3.63) is 0 Å². The molecule has 0 saturated heterocycles. The number of rotatable bonds is 7. The summed E-state index contributed by atoms with van der Waals surface area (Å²) in [6.45, 7) is 5.22. The number of carboxylic acid groups (broad SMARTS) is 1. The highest BCUT2D eigenvalue weighted by Gasteiger charge is 2.52. The van der Waals surface area contributed by atoms with Crippen LogP contribution in [0.1, 0.15) is 33.1 Å². The lowest BCUT2D eigenvalue weighted by atomic mass is 9.94. The summed E-state index contributed by atoms with van der Waals surface area (Å²) in [7, 11) is 3.56. The van der Waals surface area contributed by atoms with Gasteiger partial charge in [-0.25, -0.2) is 4.79 Å². The first-order valence-electron chi connectivity index (χ1n) is 5.89. The molecule has 0 aromatic heterocycles. The van der Waals surface area contributed by atoms with E-state index < -0.39 is 12.1 Å². The van der Waals surface area contributed by atoms with E-state index in [4.69, 9.17) is 9.84 Å². The topological polar surface area (TPSA) is 49.8 Å². The Kier molecular flexibility index (Phi) is 4.33. The van der Waals surface area contributed by atoms with E-state index in [1.54, 1.807) is 0 Å². The van der Waals surface area contributed by atoms with Gasteiger partial charge < -0.3 is 14.7 Å². The number of ether oxygens (including phenoxy) is 1. The first-order chi connectivity index (χ1) is 7.43. The molecule has 1 rings (SSSR count). The highest BCUT2D eigenvalue weighted by atomic mass is 16.5. The van der Waals surface area contributed by atoms with Crippen molar-refractivity contribution >= 4 is 5.97 Å². The van der Waals surface area contributed by atoms with Gasteiger partial charge in [-0.05, 0) is 46.7 Å². The van der Waals surface area contributed by atoms with Crippen LogP contribution < -0.4 is 0 Å². The molecule has 0 bridgehead atoms. The fourth-order valence-corrected chi connectivity index (χ4v) is 2.07. The van der Waals surface area contributed by atoms with E-state index in [-0.39, 0.29) is 5.41 Å². The monoisotopic (exact) mass is 229 g/mol. The van der Waals surface area contributed by atoms with Gasteiger partial charge in [0.15, 0.2) is 6.10 Å². The molecule has 1 aliphatic carbocycles. The Hall–Kier alpha value is -0.610. The van der Waals surface area contributed by atoms with Crippen molar-refractivity contribution in [2.24, 2.45) is 5.41 Å². The average Bonchev–Trinajstić information content (AvgIpc) is 2.95. The van der Waals surface area contributed by atoms with Crippen LogP contribution in [0.3, 0.4) is 0 Å². The van der Waals surface area contributed by atoms with Gasteiger partial charge in [0, 0.05) is 18.6 Å². The van der Waals surface area contributed by atoms with Crippen molar-refractivity contribution in [1.82, 2.24) is 4.90 Å². The molecule has 1 aliphatic rings. The minimum Gasteiger partial charge on any atom is -0.479 e. The highest BCUT2D eigenvalue weighted by molar-refractivity contribution is 5.74. The van der Waals surface area contributed by atoms with Crippen LogP contribution in [0.5, 0.6) is 0 Å². The van der Waals surface area contributed by atoms with Crippen molar-refractivity contribution in [2.45, 2.75) is 45.3 Å². The molecule has 1 fully saturated rings. The molecule has 4 nitrogen and oxygen atoms in total. The van der Waals surface area contributed by atoms with Gasteiger partial charge in [0.05, 0.1) is 0 Å². The standard InChI is InChI=1S/C12H23NO3/c1-9(2)13(3)8-7-12(5-6-12)10(16-4)11(14)15/h9-10H,5-8H2,1-4H3,(H,14,15). The molecular weight excluding hydrogens is 206 g/mol. The summed E-state index contributed by atoms with van der Waals surface area (Å²) < 4.78 is 5.11. The number of carbonyl (C=O) groups is 1. The maximum atomic E-state index is 11.1. The first-order valence-corrected chi connectivity index (χ1v) is 5.89. The second-order valence-corrected chi connectivity index (χ2v) is 5.14. The van der Waals surface area contributed by atoms with Crippen LogP contribution >= 0.6 is 0 Å². The third-order valence-corrected chi connectivity index (χ3v) is 3.75. The number of nitrogens with zero attached hydrogens (tertiary/aromatic N) is 1. The Morgan fingerprint density at radius 2 is 2.06 bits per heavy atom. The number of aliphatic carboxylic acids is 1. The molecule has 94 valence electrons. The Morgan fingerprint density at radius 1 is 1.50 bits per heavy atom. The smallest absolute Gasteiger partial charge is 0.333 e. The van der Waals surface area contributed by atoms with Gasteiger partial charge in [-0.1, -0.05) is 0 Å². The third-order valence-electron chi connectivity index (χ3n) is 3.75. The van der Waals surface area contributed by atoms with E-state index in [1.807, 2.05) is 0 Å². The van der Waals surface area contributed by atoms with Crippen LogP contribution in [-0.2, 0) is 9.53 Å². The van der Waals surface area contributed by atoms with Gasteiger partial charge in [0.1, 0.15) is 0 Å². The SMILES string of the molecule is COC(C(=O)O)C1(CCN(C)C(C)C)CC1. The predicted octanol–water partition coefficient (Wildman–Crippen LogP) is 1.60. The van der Waals surface area contributed by atoms with Crippen LogP contribution in [0.4, 0.5) is 0 Å². The Bertz CT molecular complexity index is 249. The minimum absolute atomic E-state index is 0.107. The van der Waals surface area contributed by atoms with E-state index in [0.29, 0.717) is 6.04 Å². The minimum atomic E-state index is -0.827. The zero-order valence-electron chi connectivity index (χ0n) is 10.7. The van der Waals surface area contributed by atoms with E-state index >= 15 is 0 Å². The maximum absolute atomic E-state index is 11.1. The normalized spacial score (nSPS) is 20.1. The van der Waals surface area contributed by atoms with Crippen LogP contribution in [0.25, 0.3) is 0 Å². The summed E-state index contributed by atoms with van der Waals surface area (Å²) in [5.41, 5.74) is -0.107.